The van der Waals surface area contributed by atoms with Crippen LogP contribution in [0, 0.1) is 6.92 Å². The number of nitrogens with zero attached hydrogens (tertiary/aromatic N) is 2. The molecule has 7 nitrogen and oxygen atoms in total. The molecule has 0 spiro atoms. The Kier molecular flexibility index (Phi) is 5.36. The monoisotopic (exact) mass is 498 g/mol. The minimum atomic E-state index is -1.04. The first-order valence-electron chi connectivity index (χ1n) is 13.3. The van der Waals surface area contributed by atoms with Gasteiger partial charge in [-0.05, 0) is 69.2 Å². The van der Waals surface area contributed by atoms with Crippen LogP contribution in [0.25, 0.3) is 22.2 Å². The maximum atomic E-state index is 11.3. The van der Waals surface area contributed by atoms with Gasteiger partial charge in [-0.15, -0.1) is 0 Å². The quantitative estimate of drug-likeness (QED) is 0.304. The van der Waals surface area contributed by atoms with Crippen LogP contribution in [-0.2, 0) is 11.3 Å². The fraction of sp³-hybridized carbons (Fsp3) is 0.400. The van der Waals surface area contributed by atoms with Crippen LogP contribution in [-0.4, -0.2) is 34.4 Å². The summed E-state index contributed by atoms with van der Waals surface area (Å²) >= 11 is 0. The van der Waals surface area contributed by atoms with E-state index < -0.39 is 5.97 Å². The molecule has 2 aromatic carbocycles. The van der Waals surface area contributed by atoms with Gasteiger partial charge in [-0.2, -0.15) is 0 Å². The number of anilines is 1. The molecular formula is C30H30N2O5. The van der Waals surface area contributed by atoms with Crippen molar-refractivity contribution < 1.29 is 23.6 Å². The lowest BCUT2D eigenvalue weighted by Crippen LogP contribution is -2.45. The molecule has 3 atom stereocenters. The Morgan fingerprint density at radius 2 is 1.86 bits per heavy atom. The third-order valence-electron chi connectivity index (χ3n) is 8.33. The number of fused-ring (bicyclic) bond motifs is 3. The molecule has 3 aliphatic rings. The van der Waals surface area contributed by atoms with Crippen molar-refractivity contribution in [2.45, 2.75) is 76.2 Å². The summed E-state index contributed by atoms with van der Waals surface area (Å²) in [6.07, 6.45) is 6.71. The first kappa shape index (κ1) is 22.6. The normalized spacial score (nSPS) is 23.2. The van der Waals surface area contributed by atoms with E-state index in [2.05, 4.69) is 47.3 Å². The number of carboxylic acids is 1. The van der Waals surface area contributed by atoms with E-state index in [-0.39, 0.29) is 11.9 Å². The Morgan fingerprint density at radius 3 is 2.59 bits per heavy atom. The molecule has 37 heavy (non-hydrogen) atoms. The first-order valence-corrected chi connectivity index (χ1v) is 13.3. The highest BCUT2D eigenvalue weighted by atomic mass is 16.5. The van der Waals surface area contributed by atoms with E-state index in [1.165, 1.54) is 5.56 Å². The number of rotatable bonds is 7. The van der Waals surface area contributed by atoms with Crippen molar-refractivity contribution in [3.05, 3.63) is 71.2 Å². The molecule has 1 N–H and O–H groups in total. The average Bonchev–Trinajstić information content (AvgIpc) is 3.40. The fourth-order valence-electron chi connectivity index (χ4n) is 6.35. The molecule has 2 aliphatic heterocycles. The number of hydrogen-bond acceptors (Lipinski definition) is 6. The Labute approximate surface area is 215 Å². The van der Waals surface area contributed by atoms with Crippen molar-refractivity contribution in [3.63, 3.8) is 0 Å². The molecule has 2 aromatic heterocycles. The van der Waals surface area contributed by atoms with E-state index in [0.717, 1.165) is 72.2 Å². The smallest absolute Gasteiger partial charge is 0.371 e. The van der Waals surface area contributed by atoms with E-state index >= 15 is 0 Å². The van der Waals surface area contributed by atoms with Crippen LogP contribution in [0.5, 0.6) is 0 Å². The Bertz CT molecular complexity index is 1470. The molecule has 4 heterocycles. The van der Waals surface area contributed by atoms with E-state index in [0.29, 0.717) is 30.2 Å². The summed E-state index contributed by atoms with van der Waals surface area (Å²) in [4.78, 5) is 13.8. The van der Waals surface area contributed by atoms with Crippen molar-refractivity contribution in [1.82, 2.24) is 5.16 Å². The summed E-state index contributed by atoms with van der Waals surface area (Å²) in [5.41, 5.74) is 6.07. The molecule has 3 fully saturated rings. The van der Waals surface area contributed by atoms with Crippen molar-refractivity contribution in [2.24, 2.45) is 0 Å². The Balaban J connectivity index is 1.09. The lowest BCUT2D eigenvalue weighted by atomic mass is 9.98. The summed E-state index contributed by atoms with van der Waals surface area (Å²) in [5, 5.41) is 14.6. The molecule has 190 valence electrons. The maximum Gasteiger partial charge on any atom is 0.371 e. The van der Waals surface area contributed by atoms with Gasteiger partial charge in [0.25, 0.3) is 0 Å². The minimum Gasteiger partial charge on any atom is -0.475 e. The van der Waals surface area contributed by atoms with Crippen molar-refractivity contribution in [1.29, 1.82) is 0 Å². The number of aromatic carboxylic acids is 1. The van der Waals surface area contributed by atoms with Gasteiger partial charge in [0.2, 0.25) is 5.76 Å². The van der Waals surface area contributed by atoms with E-state index in [1.807, 2.05) is 12.1 Å². The third kappa shape index (κ3) is 4.02. The highest BCUT2D eigenvalue weighted by Crippen LogP contribution is 2.45. The standard InChI is InChI=1S/C30H30N2O5/c1-17-4-2-3-5-24(17)28-25(29(37-31-28)18-6-7-18)16-35-23-13-20-10-11-21(14-23)32(20)22-9-8-19-12-27(30(33)34)36-26(19)15-22/h2-5,8-9,12,15,18,20-21,23H,6-7,10-11,13-14,16H2,1H3,(H,33,34)/t20-,21?,23?/m0/s1. The first-order chi connectivity index (χ1) is 18.0. The molecular weight excluding hydrogens is 468 g/mol. The van der Waals surface area contributed by atoms with Gasteiger partial charge in [0.15, 0.2) is 0 Å². The molecule has 0 radical (unpaired) electrons. The fourth-order valence-corrected chi connectivity index (χ4v) is 6.35. The second-order valence-electron chi connectivity index (χ2n) is 10.8. The number of aryl methyl sites for hydroxylation is 1. The van der Waals surface area contributed by atoms with Gasteiger partial charge in [-0.25, -0.2) is 4.79 Å². The molecule has 2 bridgehead atoms. The Hall–Kier alpha value is -3.58. The zero-order valence-electron chi connectivity index (χ0n) is 20.9. The summed E-state index contributed by atoms with van der Waals surface area (Å²) in [6, 6.07) is 16.7. The topological polar surface area (TPSA) is 88.9 Å². The van der Waals surface area contributed by atoms with Gasteiger partial charge in [0, 0.05) is 46.3 Å². The highest BCUT2D eigenvalue weighted by molar-refractivity contribution is 5.92. The van der Waals surface area contributed by atoms with Crippen LogP contribution in [0.4, 0.5) is 5.69 Å². The van der Waals surface area contributed by atoms with Gasteiger partial charge in [-0.3, -0.25) is 0 Å². The summed E-state index contributed by atoms with van der Waals surface area (Å²) in [7, 11) is 0. The van der Waals surface area contributed by atoms with Crippen molar-refractivity contribution in [3.8, 4) is 11.3 Å². The summed E-state index contributed by atoms with van der Waals surface area (Å²) in [5.74, 6) is 0.414. The van der Waals surface area contributed by atoms with Gasteiger partial charge in [0.1, 0.15) is 17.0 Å². The second-order valence-corrected chi connectivity index (χ2v) is 10.8. The predicted octanol–water partition coefficient (Wildman–Crippen LogP) is 6.69. The lowest BCUT2D eigenvalue weighted by Gasteiger charge is -2.40. The Morgan fingerprint density at radius 1 is 1.08 bits per heavy atom. The predicted molar refractivity (Wildman–Crippen MR) is 139 cm³/mol. The molecule has 2 saturated heterocycles. The van der Waals surface area contributed by atoms with Crippen molar-refractivity contribution in [2.75, 3.05) is 4.90 Å². The SMILES string of the molecule is Cc1ccccc1-c1noc(C2CC2)c1COC1CC2CC[C@@H](C1)N2c1ccc2cc(C(=O)O)oc2c1. The maximum absolute atomic E-state index is 11.3. The van der Waals surface area contributed by atoms with Gasteiger partial charge >= 0.3 is 5.97 Å². The highest BCUT2D eigenvalue weighted by Gasteiger charge is 2.42. The lowest BCUT2D eigenvalue weighted by molar-refractivity contribution is 0.0147. The number of carboxylic acid groups (broad SMARTS) is 1. The van der Waals surface area contributed by atoms with Crippen LogP contribution in [0.15, 0.2) is 57.5 Å². The summed E-state index contributed by atoms with van der Waals surface area (Å²) in [6.45, 7) is 2.64. The van der Waals surface area contributed by atoms with Crippen LogP contribution in [0.3, 0.4) is 0 Å². The zero-order valence-corrected chi connectivity index (χ0v) is 20.9. The molecule has 0 amide bonds. The molecule has 7 rings (SSSR count). The van der Waals surface area contributed by atoms with Crippen molar-refractivity contribution >= 4 is 22.6 Å². The third-order valence-corrected chi connectivity index (χ3v) is 8.33. The number of furan rings is 1. The second kappa shape index (κ2) is 8.77. The molecule has 1 aliphatic carbocycles. The van der Waals surface area contributed by atoms with Gasteiger partial charge in [0.05, 0.1) is 12.7 Å². The number of piperidine rings is 1. The van der Waals surface area contributed by atoms with Crippen LogP contribution in [0.1, 0.15) is 71.9 Å². The number of benzene rings is 2. The number of ether oxygens (including phenoxy) is 1. The molecule has 7 heteroatoms. The molecule has 2 unspecified atom stereocenters. The van der Waals surface area contributed by atoms with Gasteiger partial charge in [-0.1, -0.05) is 29.4 Å². The van der Waals surface area contributed by atoms with Crippen LogP contribution >= 0.6 is 0 Å². The largest absolute Gasteiger partial charge is 0.475 e. The van der Waals surface area contributed by atoms with Crippen LogP contribution in [0.2, 0.25) is 0 Å². The minimum absolute atomic E-state index is 0.0217. The van der Waals surface area contributed by atoms with Crippen LogP contribution < -0.4 is 4.90 Å². The number of carbonyl (C=O) groups is 1. The van der Waals surface area contributed by atoms with Gasteiger partial charge < -0.3 is 23.7 Å². The van der Waals surface area contributed by atoms with E-state index in [4.69, 9.17) is 13.7 Å². The van der Waals surface area contributed by atoms with E-state index in [9.17, 15) is 9.90 Å². The number of aromatic nitrogens is 1. The molecule has 4 aromatic rings. The zero-order chi connectivity index (χ0) is 25.1. The average molecular weight is 499 g/mol. The molecule has 1 saturated carbocycles. The van der Waals surface area contributed by atoms with E-state index in [1.54, 1.807) is 6.07 Å². The summed E-state index contributed by atoms with van der Waals surface area (Å²) < 4.78 is 18.0. The number of hydrogen-bond donors (Lipinski definition) is 1.